The van der Waals surface area contributed by atoms with Gasteiger partial charge >= 0.3 is 0 Å². The van der Waals surface area contributed by atoms with Crippen molar-refractivity contribution < 1.29 is 0 Å². The van der Waals surface area contributed by atoms with Crippen molar-refractivity contribution in [3.8, 4) is 0 Å². The fourth-order valence-corrected chi connectivity index (χ4v) is 2.19. The number of aromatic nitrogens is 2. The van der Waals surface area contributed by atoms with Crippen molar-refractivity contribution in [2.75, 3.05) is 0 Å². The Hall–Kier alpha value is -0.960. The third-order valence-electron chi connectivity index (χ3n) is 2.93. The molecule has 3 nitrogen and oxygen atoms in total. The highest BCUT2D eigenvalue weighted by Gasteiger charge is 2.18. The Morgan fingerprint density at radius 2 is 1.67 bits per heavy atom. The maximum atomic E-state index is 4.39. The van der Waals surface area contributed by atoms with Crippen molar-refractivity contribution in [3.63, 3.8) is 0 Å². The highest BCUT2D eigenvalue weighted by atomic mass is 15.0. The van der Waals surface area contributed by atoms with Gasteiger partial charge in [0.2, 0.25) is 0 Å². The minimum absolute atomic E-state index is 0.158. The molecule has 0 spiro atoms. The van der Waals surface area contributed by atoms with E-state index in [1.54, 1.807) is 0 Å². The molecular formula is C15H27N3. The SMILES string of the molecule is CC(C)CC(C)(C)NCc1cnc(C(C)C)nc1. The van der Waals surface area contributed by atoms with Gasteiger partial charge in [0.1, 0.15) is 5.82 Å². The summed E-state index contributed by atoms with van der Waals surface area (Å²) in [6.07, 6.45) is 5.03. The fraction of sp³-hybridized carbons (Fsp3) is 0.733. The first kappa shape index (κ1) is 15.1. The zero-order valence-corrected chi connectivity index (χ0v) is 12.6. The summed E-state index contributed by atoms with van der Waals surface area (Å²) in [5, 5.41) is 3.58. The molecule has 0 radical (unpaired) electrons. The lowest BCUT2D eigenvalue weighted by molar-refractivity contribution is 0.316. The van der Waals surface area contributed by atoms with Crippen LogP contribution in [0.4, 0.5) is 0 Å². The van der Waals surface area contributed by atoms with Crippen LogP contribution in [0, 0.1) is 5.92 Å². The van der Waals surface area contributed by atoms with Gasteiger partial charge < -0.3 is 5.32 Å². The average Bonchev–Trinajstić information content (AvgIpc) is 2.25. The molecule has 3 heteroatoms. The maximum absolute atomic E-state index is 4.39. The molecule has 18 heavy (non-hydrogen) atoms. The average molecular weight is 249 g/mol. The Balaban J connectivity index is 2.53. The summed E-state index contributed by atoms with van der Waals surface area (Å²) in [4.78, 5) is 8.78. The van der Waals surface area contributed by atoms with Crippen molar-refractivity contribution in [1.82, 2.24) is 15.3 Å². The van der Waals surface area contributed by atoms with E-state index in [1.165, 1.54) is 0 Å². The Bertz CT molecular complexity index is 353. The number of rotatable bonds is 6. The molecule has 0 atom stereocenters. The highest BCUT2D eigenvalue weighted by molar-refractivity contribution is 5.07. The second-order valence-corrected chi connectivity index (χ2v) is 6.44. The van der Waals surface area contributed by atoms with E-state index >= 15 is 0 Å². The van der Waals surface area contributed by atoms with Crippen LogP contribution in [-0.4, -0.2) is 15.5 Å². The van der Waals surface area contributed by atoms with Gasteiger partial charge in [-0.2, -0.15) is 0 Å². The van der Waals surface area contributed by atoms with E-state index in [1.807, 2.05) is 12.4 Å². The predicted octanol–water partition coefficient (Wildman–Crippen LogP) is 3.51. The molecule has 0 aromatic carbocycles. The lowest BCUT2D eigenvalue weighted by Crippen LogP contribution is -2.39. The molecule has 0 amide bonds. The van der Waals surface area contributed by atoms with Crippen LogP contribution < -0.4 is 5.32 Å². The third-order valence-corrected chi connectivity index (χ3v) is 2.93. The van der Waals surface area contributed by atoms with Gasteiger partial charge in [0.25, 0.3) is 0 Å². The molecule has 1 rings (SSSR count). The van der Waals surface area contributed by atoms with Crippen molar-refractivity contribution >= 4 is 0 Å². The van der Waals surface area contributed by atoms with Gasteiger partial charge in [0.15, 0.2) is 0 Å². The van der Waals surface area contributed by atoms with E-state index < -0.39 is 0 Å². The van der Waals surface area contributed by atoms with E-state index in [2.05, 4.69) is 56.8 Å². The van der Waals surface area contributed by atoms with E-state index in [0.29, 0.717) is 11.8 Å². The van der Waals surface area contributed by atoms with Crippen LogP contribution in [0.15, 0.2) is 12.4 Å². The first-order chi connectivity index (χ1) is 8.30. The van der Waals surface area contributed by atoms with Crippen molar-refractivity contribution in [3.05, 3.63) is 23.8 Å². The fourth-order valence-electron chi connectivity index (χ4n) is 2.19. The molecule has 102 valence electrons. The Labute approximate surface area is 111 Å². The zero-order chi connectivity index (χ0) is 13.8. The standard InChI is InChI=1S/C15H27N3/c1-11(2)7-15(5,6)18-10-13-8-16-14(12(3)4)17-9-13/h8-9,11-12,18H,7,10H2,1-6H3. The summed E-state index contributed by atoms with van der Waals surface area (Å²) in [5.41, 5.74) is 1.31. The summed E-state index contributed by atoms with van der Waals surface area (Å²) in [5.74, 6) is 2.01. The van der Waals surface area contributed by atoms with Gasteiger partial charge in [-0.3, -0.25) is 0 Å². The first-order valence-corrected chi connectivity index (χ1v) is 6.86. The molecule has 0 saturated carbocycles. The molecule has 1 heterocycles. The Morgan fingerprint density at radius 1 is 1.11 bits per heavy atom. The van der Waals surface area contributed by atoms with Crippen LogP contribution in [0.2, 0.25) is 0 Å². The Kier molecular flexibility index (Phi) is 5.27. The zero-order valence-electron chi connectivity index (χ0n) is 12.6. The molecule has 0 aliphatic carbocycles. The highest BCUT2D eigenvalue weighted by Crippen LogP contribution is 2.16. The molecular weight excluding hydrogens is 222 g/mol. The van der Waals surface area contributed by atoms with Gasteiger partial charge in [-0.1, -0.05) is 27.7 Å². The monoisotopic (exact) mass is 249 g/mol. The molecule has 1 aromatic rings. The van der Waals surface area contributed by atoms with Crippen molar-refractivity contribution in [2.24, 2.45) is 5.92 Å². The predicted molar refractivity (Wildman–Crippen MR) is 76.5 cm³/mol. The van der Waals surface area contributed by atoms with E-state index in [4.69, 9.17) is 0 Å². The normalized spacial score (nSPS) is 12.4. The van der Waals surface area contributed by atoms with E-state index in [-0.39, 0.29) is 5.54 Å². The van der Waals surface area contributed by atoms with E-state index in [9.17, 15) is 0 Å². The van der Waals surface area contributed by atoms with Gasteiger partial charge in [0, 0.05) is 36.0 Å². The maximum Gasteiger partial charge on any atom is 0.130 e. The number of hydrogen-bond acceptors (Lipinski definition) is 3. The van der Waals surface area contributed by atoms with Gasteiger partial charge in [-0.05, 0) is 26.2 Å². The summed E-state index contributed by atoms with van der Waals surface area (Å²) < 4.78 is 0. The quantitative estimate of drug-likeness (QED) is 0.838. The first-order valence-electron chi connectivity index (χ1n) is 6.86. The van der Waals surface area contributed by atoms with E-state index in [0.717, 1.165) is 24.4 Å². The van der Waals surface area contributed by atoms with Gasteiger partial charge in [0.05, 0.1) is 0 Å². The molecule has 0 fully saturated rings. The Morgan fingerprint density at radius 3 is 2.11 bits per heavy atom. The minimum atomic E-state index is 0.158. The van der Waals surface area contributed by atoms with Crippen LogP contribution in [0.5, 0.6) is 0 Å². The van der Waals surface area contributed by atoms with Crippen LogP contribution >= 0.6 is 0 Å². The molecule has 0 aliphatic rings. The lowest BCUT2D eigenvalue weighted by Gasteiger charge is -2.28. The molecule has 0 aliphatic heterocycles. The summed E-state index contributed by atoms with van der Waals surface area (Å²) in [6.45, 7) is 14.1. The topological polar surface area (TPSA) is 37.8 Å². The van der Waals surface area contributed by atoms with Crippen LogP contribution in [0.25, 0.3) is 0 Å². The lowest BCUT2D eigenvalue weighted by atomic mass is 9.92. The van der Waals surface area contributed by atoms with Gasteiger partial charge in [-0.25, -0.2) is 9.97 Å². The molecule has 0 saturated heterocycles. The number of hydrogen-bond donors (Lipinski definition) is 1. The molecule has 1 N–H and O–H groups in total. The van der Waals surface area contributed by atoms with Crippen molar-refractivity contribution in [2.45, 2.75) is 66.0 Å². The number of nitrogens with zero attached hydrogens (tertiary/aromatic N) is 2. The van der Waals surface area contributed by atoms with Crippen LogP contribution in [-0.2, 0) is 6.54 Å². The largest absolute Gasteiger partial charge is 0.308 e. The van der Waals surface area contributed by atoms with Crippen molar-refractivity contribution in [1.29, 1.82) is 0 Å². The summed E-state index contributed by atoms with van der Waals surface area (Å²) >= 11 is 0. The van der Waals surface area contributed by atoms with Gasteiger partial charge in [-0.15, -0.1) is 0 Å². The second-order valence-electron chi connectivity index (χ2n) is 6.44. The minimum Gasteiger partial charge on any atom is -0.308 e. The van der Waals surface area contributed by atoms with Crippen LogP contribution in [0.3, 0.4) is 0 Å². The third kappa shape index (κ3) is 5.13. The summed E-state index contributed by atoms with van der Waals surface area (Å²) in [7, 11) is 0. The summed E-state index contributed by atoms with van der Waals surface area (Å²) in [6, 6.07) is 0. The van der Waals surface area contributed by atoms with Crippen LogP contribution in [0.1, 0.15) is 65.3 Å². The molecule has 0 unspecified atom stereocenters. The second kappa shape index (κ2) is 6.28. The molecule has 1 aromatic heterocycles. The number of nitrogens with one attached hydrogen (secondary N) is 1. The smallest absolute Gasteiger partial charge is 0.130 e. The molecule has 0 bridgehead atoms.